The van der Waals surface area contributed by atoms with Crippen molar-refractivity contribution in [2.24, 2.45) is 0 Å². The van der Waals surface area contributed by atoms with Crippen molar-refractivity contribution in [2.45, 2.75) is 251 Å². The lowest BCUT2D eigenvalue weighted by Crippen LogP contribution is -2.28. The third-order valence-electron chi connectivity index (χ3n) is 11.9. The van der Waals surface area contributed by atoms with E-state index in [1.165, 1.54) is 109 Å². The number of unbranched alkanes of at least 4 members (excludes halogenated alkanes) is 21. The van der Waals surface area contributed by atoms with Crippen LogP contribution < -0.4 is 0 Å². The highest BCUT2D eigenvalue weighted by molar-refractivity contribution is 5.70. The van der Waals surface area contributed by atoms with E-state index in [2.05, 4.69) is 148 Å². The molecule has 0 aromatic heterocycles. The van der Waals surface area contributed by atoms with Crippen molar-refractivity contribution in [3.63, 3.8) is 0 Å². The van der Waals surface area contributed by atoms with E-state index >= 15 is 0 Å². The normalized spacial score (nSPS) is 13.2. The van der Waals surface area contributed by atoms with Gasteiger partial charge >= 0.3 is 11.9 Å². The zero-order chi connectivity index (χ0) is 50.6. The molecule has 0 rings (SSSR count). The standard InChI is InChI=1S/C65H106O5/c1-3-5-7-9-11-13-15-17-19-21-23-25-27-29-30-31-32-33-34-36-38-40-42-44-46-48-50-52-54-56-58-60-65(68)70-63(61-66)62-69-64(67)59-57-55-53-51-49-47-45-43-41-39-37-35-28-26-24-22-20-18-16-14-12-10-8-6-4-2/h5-8,11-14,17-20,23-26,29-30,32-33,35,37,63,66H,3-4,9-10,15-16,21-22,27-28,31,34,36,38-62H2,1-2H3/b7-5-,8-6-,13-11-,14-12-,19-17-,20-18-,25-23-,26-24-,30-29-,33-32-,37-35-. The van der Waals surface area contributed by atoms with Crippen LogP contribution in [-0.4, -0.2) is 36.4 Å². The fourth-order valence-electron chi connectivity index (χ4n) is 7.70. The molecule has 5 nitrogen and oxygen atoms in total. The maximum Gasteiger partial charge on any atom is 0.306 e. The quantitative estimate of drug-likeness (QED) is 0.0374. The van der Waals surface area contributed by atoms with Crippen molar-refractivity contribution in [1.82, 2.24) is 0 Å². The molecule has 1 unspecified atom stereocenters. The molecule has 396 valence electrons. The maximum atomic E-state index is 12.3. The van der Waals surface area contributed by atoms with Gasteiger partial charge in [0.05, 0.1) is 6.61 Å². The highest BCUT2D eigenvalue weighted by Gasteiger charge is 2.16. The van der Waals surface area contributed by atoms with Gasteiger partial charge in [0.25, 0.3) is 0 Å². The molecule has 0 amide bonds. The predicted molar refractivity (Wildman–Crippen MR) is 306 cm³/mol. The topological polar surface area (TPSA) is 72.8 Å². The summed E-state index contributed by atoms with van der Waals surface area (Å²) in [4.78, 5) is 24.6. The van der Waals surface area contributed by atoms with Crippen LogP contribution in [0.3, 0.4) is 0 Å². The summed E-state index contributed by atoms with van der Waals surface area (Å²) in [6.45, 7) is 3.91. The lowest BCUT2D eigenvalue weighted by atomic mass is 10.0. The number of aliphatic hydroxyl groups is 1. The van der Waals surface area contributed by atoms with Gasteiger partial charge in [0, 0.05) is 12.8 Å². The lowest BCUT2D eigenvalue weighted by molar-refractivity contribution is -0.161. The van der Waals surface area contributed by atoms with E-state index < -0.39 is 6.10 Å². The van der Waals surface area contributed by atoms with Crippen LogP contribution in [0.1, 0.15) is 245 Å². The van der Waals surface area contributed by atoms with Gasteiger partial charge in [0.15, 0.2) is 6.10 Å². The monoisotopic (exact) mass is 967 g/mol. The van der Waals surface area contributed by atoms with Gasteiger partial charge in [-0.1, -0.05) is 257 Å². The van der Waals surface area contributed by atoms with Crippen molar-refractivity contribution < 1.29 is 24.2 Å². The maximum absolute atomic E-state index is 12.3. The number of ether oxygens (including phenoxy) is 2. The first-order valence-electron chi connectivity index (χ1n) is 28.7. The van der Waals surface area contributed by atoms with Gasteiger partial charge in [-0.2, -0.15) is 0 Å². The number of carbonyl (C=O) groups excluding carboxylic acids is 2. The van der Waals surface area contributed by atoms with Gasteiger partial charge in [-0.15, -0.1) is 0 Å². The molecule has 0 fully saturated rings. The molecule has 0 aliphatic carbocycles. The molecule has 70 heavy (non-hydrogen) atoms. The first-order valence-corrected chi connectivity index (χ1v) is 28.7. The predicted octanol–water partition coefficient (Wildman–Crippen LogP) is 19.6. The average Bonchev–Trinajstić information content (AvgIpc) is 3.36. The van der Waals surface area contributed by atoms with Crippen molar-refractivity contribution in [2.75, 3.05) is 13.2 Å². The minimum absolute atomic E-state index is 0.0769. The molecule has 0 aliphatic heterocycles. The minimum atomic E-state index is -0.786. The molecule has 0 heterocycles. The van der Waals surface area contributed by atoms with Crippen LogP contribution in [-0.2, 0) is 19.1 Å². The Bertz CT molecular complexity index is 1470. The molecule has 5 heteroatoms. The number of hydrogen-bond acceptors (Lipinski definition) is 5. The highest BCUT2D eigenvalue weighted by Crippen LogP contribution is 2.15. The molecule has 0 radical (unpaired) electrons. The Morgan fingerprint density at radius 2 is 0.571 bits per heavy atom. The van der Waals surface area contributed by atoms with Crippen LogP contribution in [0.2, 0.25) is 0 Å². The fourth-order valence-corrected chi connectivity index (χ4v) is 7.70. The fraction of sp³-hybridized carbons (Fsp3) is 0.631. The Labute approximate surface area is 432 Å². The van der Waals surface area contributed by atoms with Crippen molar-refractivity contribution in [3.05, 3.63) is 134 Å². The zero-order valence-electron chi connectivity index (χ0n) is 45.2. The van der Waals surface area contributed by atoms with Gasteiger partial charge in [-0.25, -0.2) is 0 Å². The Hall–Kier alpha value is -3.96. The van der Waals surface area contributed by atoms with Crippen molar-refractivity contribution >= 4 is 11.9 Å². The van der Waals surface area contributed by atoms with Gasteiger partial charge in [0.1, 0.15) is 6.61 Å². The molecular weight excluding hydrogens is 861 g/mol. The molecule has 0 bridgehead atoms. The molecule has 0 saturated heterocycles. The number of hydrogen-bond donors (Lipinski definition) is 1. The summed E-state index contributed by atoms with van der Waals surface area (Å²) in [6.07, 6.45) is 88.4. The summed E-state index contributed by atoms with van der Waals surface area (Å²) < 4.78 is 10.7. The second-order valence-corrected chi connectivity index (χ2v) is 18.6. The van der Waals surface area contributed by atoms with Gasteiger partial charge in [-0.3, -0.25) is 9.59 Å². The van der Waals surface area contributed by atoms with Crippen LogP contribution in [0.25, 0.3) is 0 Å². The van der Waals surface area contributed by atoms with E-state index in [-0.39, 0.29) is 25.2 Å². The smallest absolute Gasteiger partial charge is 0.306 e. The molecule has 0 aromatic rings. The third-order valence-corrected chi connectivity index (χ3v) is 11.9. The van der Waals surface area contributed by atoms with E-state index in [4.69, 9.17) is 9.47 Å². The summed E-state index contributed by atoms with van der Waals surface area (Å²) in [5.41, 5.74) is 0. The van der Waals surface area contributed by atoms with Crippen LogP contribution in [0.15, 0.2) is 134 Å². The number of allylic oxidation sites excluding steroid dienone is 22. The Morgan fingerprint density at radius 3 is 0.857 bits per heavy atom. The SMILES string of the molecule is CC/C=C\C/C=C\C/C=C\C/C=C\C/C=C\C/C=C\CCCCCCCCCCCCCCC(=O)OC(CO)COC(=O)CCCCCCCCCCC/C=C\C/C=C\C/C=C\C/C=C\C/C=C\CC. The van der Waals surface area contributed by atoms with E-state index in [1.54, 1.807) is 0 Å². The van der Waals surface area contributed by atoms with E-state index in [9.17, 15) is 14.7 Å². The van der Waals surface area contributed by atoms with E-state index in [0.717, 1.165) is 109 Å². The van der Waals surface area contributed by atoms with Gasteiger partial charge < -0.3 is 14.6 Å². The molecule has 0 aromatic carbocycles. The van der Waals surface area contributed by atoms with Gasteiger partial charge in [-0.05, 0) is 109 Å². The molecule has 1 atom stereocenters. The largest absolute Gasteiger partial charge is 0.462 e. The molecular formula is C65H106O5. The molecule has 0 aliphatic rings. The number of esters is 2. The van der Waals surface area contributed by atoms with E-state index in [1.807, 2.05) is 0 Å². The first kappa shape index (κ1) is 66.0. The van der Waals surface area contributed by atoms with Crippen LogP contribution in [0.4, 0.5) is 0 Å². The highest BCUT2D eigenvalue weighted by atomic mass is 16.6. The van der Waals surface area contributed by atoms with Crippen LogP contribution >= 0.6 is 0 Å². The first-order chi connectivity index (χ1) is 34.6. The summed E-state index contributed by atoms with van der Waals surface area (Å²) >= 11 is 0. The number of aliphatic hydroxyl groups excluding tert-OH is 1. The Balaban J connectivity index is 3.55. The zero-order valence-corrected chi connectivity index (χ0v) is 45.2. The summed E-state index contributed by atoms with van der Waals surface area (Å²) in [5, 5.41) is 9.66. The van der Waals surface area contributed by atoms with Crippen molar-refractivity contribution in [3.8, 4) is 0 Å². The second-order valence-electron chi connectivity index (χ2n) is 18.6. The Kier molecular flexibility index (Phi) is 56.0. The van der Waals surface area contributed by atoms with Crippen LogP contribution in [0, 0.1) is 0 Å². The molecule has 1 N–H and O–H groups in total. The summed E-state index contributed by atoms with van der Waals surface area (Å²) in [5.74, 6) is -0.604. The van der Waals surface area contributed by atoms with Gasteiger partial charge in [0.2, 0.25) is 0 Å². The van der Waals surface area contributed by atoms with Crippen LogP contribution in [0.5, 0.6) is 0 Å². The number of rotatable bonds is 51. The number of carbonyl (C=O) groups is 2. The van der Waals surface area contributed by atoms with Crippen molar-refractivity contribution in [1.29, 1.82) is 0 Å². The minimum Gasteiger partial charge on any atom is -0.462 e. The lowest BCUT2D eigenvalue weighted by Gasteiger charge is -2.15. The molecule has 0 saturated carbocycles. The molecule has 0 spiro atoms. The van der Waals surface area contributed by atoms with E-state index in [0.29, 0.717) is 12.8 Å². The second kappa shape index (κ2) is 59.3. The summed E-state index contributed by atoms with van der Waals surface area (Å²) in [6, 6.07) is 0. The average molecular weight is 968 g/mol. The Morgan fingerprint density at radius 1 is 0.329 bits per heavy atom. The third kappa shape index (κ3) is 56.6. The summed E-state index contributed by atoms with van der Waals surface area (Å²) in [7, 11) is 0.